The van der Waals surface area contributed by atoms with E-state index in [0.717, 1.165) is 34.4 Å². The van der Waals surface area contributed by atoms with E-state index >= 15 is 0 Å². The van der Waals surface area contributed by atoms with Crippen molar-refractivity contribution in [2.45, 2.75) is 13.1 Å². The smallest absolute Gasteiger partial charge is 0.249 e. The molecule has 5 heteroatoms. The van der Waals surface area contributed by atoms with Crippen LogP contribution < -0.4 is 11.1 Å². The van der Waals surface area contributed by atoms with E-state index in [9.17, 15) is 4.79 Å². The summed E-state index contributed by atoms with van der Waals surface area (Å²) < 4.78 is 0. The summed E-state index contributed by atoms with van der Waals surface area (Å²) in [5.41, 5.74) is 10.7. The van der Waals surface area contributed by atoms with Crippen molar-refractivity contribution in [3.63, 3.8) is 0 Å². The lowest BCUT2D eigenvalue weighted by Gasteiger charge is -2.05. The molecule has 2 aromatic heterocycles. The van der Waals surface area contributed by atoms with E-state index in [0.29, 0.717) is 12.1 Å². The van der Waals surface area contributed by atoms with Crippen LogP contribution in [0.2, 0.25) is 0 Å². The number of rotatable bonds is 7. The minimum atomic E-state index is -0.458. The summed E-state index contributed by atoms with van der Waals surface area (Å²) in [6, 6.07) is 23.7. The number of nitrogens with two attached hydrogens (primary N) is 1. The molecule has 4 aromatic rings. The zero-order valence-electron chi connectivity index (χ0n) is 15.9. The van der Waals surface area contributed by atoms with Gasteiger partial charge in [-0.25, -0.2) is 4.98 Å². The number of nitrogens with zero attached hydrogens (tertiary/aromatic N) is 1. The Balaban J connectivity index is 1.54. The molecule has 0 atom stereocenters. The quantitative estimate of drug-likeness (QED) is 0.424. The predicted octanol–water partition coefficient (Wildman–Crippen LogP) is 3.88. The van der Waals surface area contributed by atoms with Crippen LogP contribution in [0.3, 0.4) is 0 Å². The van der Waals surface area contributed by atoms with Crippen molar-refractivity contribution in [3.8, 4) is 0 Å². The number of aromatic nitrogens is 2. The molecule has 2 heterocycles. The highest BCUT2D eigenvalue weighted by Gasteiger charge is 2.11. The van der Waals surface area contributed by atoms with Crippen molar-refractivity contribution in [1.29, 1.82) is 0 Å². The second-order valence-electron chi connectivity index (χ2n) is 6.82. The molecule has 4 rings (SSSR count). The molecule has 0 spiro atoms. The highest BCUT2D eigenvalue weighted by atomic mass is 16.1. The monoisotopic (exact) mass is 382 g/mol. The topological polar surface area (TPSA) is 83.8 Å². The summed E-state index contributed by atoms with van der Waals surface area (Å²) in [5, 5.41) is 4.36. The van der Waals surface area contributed by atoms with Gasteiger partial charge in [0.15, 0.2) is 0 Å². The van der Waals surface area contributed by atoms with Gasteiger partial charge < -0.3 is 16.0 Å². The molecule has 5 nitrogen and oxygen atoms in total. The van der Waals surface area contributed by atoms with Crippen LogP contribution in [0.1, 0.15) is 22.4 Å². The number of benzene rings is 2. The number of nitrogens with one attached hydrogen (secondary N) is 2. The molecule has 0 bridgehead atoms. The summed E-state index contributed by atoms with van der Waals surface area (Å²) in [6.07, 6.45) is 3.66. The fraction of sp³-hybridized carbons (Fsp3) is 0.0833. The molecular formula is C24H22N4O. The van der Waals surface area contributed by atoms with Gasteiger partial charge in [-0.3, -0.25) is 4.79 Å². The molecule has 0 aliphatic carbocycles. The van der Waals surface area contributed by atoms with Gasteiger partial charge in [-0.1, -0.05) is 60.7 Å². The van der Waals surface area contributed by atoms with Crippen molar-refractivity contribution in [2.24, 2.45) is 5.73 Å². The molecule has 0 saturated heterocycles. The third kappa shape index (κ3) is 4.42. The first-order valence-corrected chi connectivity index (χ1v) is 9.49. The number of aromatic amines is 1. The number of amides is 1. The SMILES string of the molecule is NC(=O)/C(=C/c1c[nH]c2nc(CNCc3ccccc3)ccc12)c1ccccc1. The number of fused-ring (bicyclic) bond motifs is 1. The lowest BCUT2D eigenvalue weighted by atomic mass is 10.0. The maximum Gasteiger partial charge on any atom is 0.249 e. The maximum atomic E-state index is 12.0. The third-order valence-electron chi connectivity index (χ3n) is 4.76. The normalized spacial score (nSPS) is 11.7. The van der Waals surface area contributed by atoms with Crippen molar-refractivity contribution in [3.05, 3.63) is 101 Å². The fourth-order valence-electron chi connectivity index (χ4n) is 3.28. The van der Waals surface area contributed by atoms with Gasteiger partial charge in [-0.15, -0.1) is 0 Å². The number of hydrogen-bond acceptors (Lipinski definition) is 3. The second kappa shape index (κ2) is 8.54. The van der Waals surface area contributed by atoms with Gasteiger partial charge in [0.25, 0.3) is 0 Å². The number of H-pyrrole nitrogens is 1. The summed E-state index contributed by atoms with van der Waals surface area (Å²) in [5.74, 6) is -0.458. The van der Waals surface area contributed by atoms with Crippen LogP contribution in [0.25, 0.3) is 22.7 Å². The number of primary amides is 1. The summed E-state index contributed by atoms with van der Waals surface area (Å²) in [6.45, 7) is 1.46. The van der Waals surface area contributed by atoms with E-state index in [1.807, 2.05) is 72.9 Å². The number of hydrogen-bond donors (Lipinski definition) is 3. The zero-order chi connectivity index (χ0) is 20.1. The van der Waals surface area contributed by atoms with Gasteiger partial charge in [-0.2, -0.15) is 0 Å². The van der Waals surface area contributed by atoms with Gasteiger partial charge in [-0.05, 0) is 29.3 Å². The molecule has 0 fully saturated rings. The van der Waals surface area contributed by atoms with Crippen LogP contribution in [0, 0.1) is 0 Å². The predicted molar refractivity (Wildman–Crippen MR) is 117 cm³/mol. The standard InChI is InChI=1S/C24H22N4O/c25-23(29)22(18-9-5-2-6-10-18)13-19-15-27-24-21(19)12-11-20(28-24)16-26-14-17-7-3-1-4-8-17/h1-13,15,26H,14,16H2,(H2,25,29)(H,27,28)/b22-13+. The summed E-state index contributed by atoms with van der Waals surface area (Å²) in [4.78, 5) is 19.9. The Morgan fingerprint density at radius 3 is 2.41 bits per heavy atom. The van der Waals surface area contributed by atoms with Crippen molar-refractivity contribution in [1.82, 2.24) is 15.3 Å². The molecule has 0 aliphatic heterocycles. The fourth-order valence-corrected chi connectivity index (χ4v) is 3.28. The van der Waals surface area contributed by atoms with Crippen LogP contribution in [0.15, 0.2) is 79.0 Å². The van der Waals surface area contributed by atoms with E-state index in [4.69, 9.17) is 5.73 Å². The van der Waals surface area contributed by atoms with Gasteiger partial charge >= 0.3 is 0 Å². The molecule has 2 aromatic carbocycles. The average molecular weight is 382 g/mol. The number of pyridine rings is 1. The Morgan fingerprint density at radius 1 is 0.966 bits per heavy atom. The van der Waals surface area contributed by atoms with Crippen molar-refractivity contribution < 1.29 is 4.79 Å². The summed E-state index contributed by atoms with van der Waals surface area (Å²) in [7, 11) is 0. The van der Waals surface area contributed by atoms with Crippen LogP contribution >= 0.6 is 0 Å². The van der Waals surface area contributed by atoms with Crippen LogP contribution in [0.5, 0.6) is 0 Å². The average Bonchev–Trinajstić information content (AvgIpc) is 3.15. The Labute approximate surface area is 169 Å². The molecule has 0 radical (unpaired) electrons. The first-order valence-electron chi connectivity index (χ1n) is 9.49. The Hall–Kier alpha value is -3.70. The molecule has 144 valence electrons. The summed E-state index contributed by atoms with van der Waals surface area (Å²) >= 11 is 0. The van der Waals surface area contributed by atoms with E-state index in [1.54, 1.807) is 0 Å². The Bertz CT molecular complexity index is 1150. The number of carbonyl (C=O) groups is 1. The Kier molecular flexibility index (Phi) is 5.49. The molecule has 1 amide bonds. The Morgan fingerprint density at radius 2 is 1.69 bits per heavy atom. The van der Waals surface area contributed by atoms with Crippen molar-refractivity contribution in [2.75, 3.05) is 0 Å². The molecule has 0 aliphatic rings. The van der Waals surface area contributed by atoms with Gasteiger partial charge in [0.05, 0.1) is 5.69 Å². The first kappa shape index (κ1) is 18.7. The maximum absolute atomic E-state index is 12.0. The lowest BCUT2D eigenvalue weighted by molar-refractivity contribution is -0.112. The van der Waals surface area contributed by atoms with Gasteiger partial charge in [0, 0.05) is 35.8 Å². The first-order chi connectivity index (χ1) is 14.2. The molecule has 4 N–H and O–H groups in total. The van der Waals surface area contributed by atoms with Gasteiger partial charge in [0.2, 0.25) is 5.91 Å². The van der Waals surface area contributed by atoms with Gasteiger partial charge in [0.1, 0.15) is 5.65 Å². The minimum Gasteiger partial charge on any atom is -0.366 e. The van der Waals surface area contributed by atoms with E-state index in [1.165, 1.54) is 5.56 Å². The van der Waals surface area contributed by atoms with E-state index < -0.39 is 5.91 Å². The second-order valence-corrected chi connectivity index (χ2v) is 6.82. The molecule has 0 saturated carbocycles. The third-order valence-corrected chi connectivity index (χ3v) is 4.76. The largest absolute Gasteiger partial charge is 0.366 e. The zero-order valence-corrected chi connectivity index (χ0v) is 15.9. The van der Waals surface area contributed by atoms with Crippen LogP contribution in [-0.2, 0) is 17.9 Å². The molecule has 0 unspecified atom stereocenters. The highest BCUT2D eigenvalue weighted by Crippen LogP contribution is 2.23. The number of carbonyl (C=O) groups excluding carboxylic acids is 1. The lowest BCUT2D eigenvalue weighted by Crippen LogP contribution is -2.13. The highest BCUT2D eigenvalue weighted by molar-refractivity contribution is 6.24. The minimum absolute atomic E-state index is 0.458. The van der Waals surface area contributed by atoms with Crippen LogP contribution in [-0.4, -0.2) is 15.9 Å². The van der Waals surface area contributed by atoms with Crippen LogP contribution in [0.4, 0.5) is 0 Å². The van der Waals surface area contributed by atoms with Crippen molar-refractivity contribution >= 4 is 28.6 Å². The van der Waals surface area contributed by atoms with E-state index in [2.05, 4.69) is 27.4 Å². The van der Waals surface area contributed by atoms with E-state index in [-0.39, 0.29) is 0 Å². The molecule has 29 heavy (non-hydrogen) atoms. The molecular weight excluding hydrogens is 360 g/mol.